The molecule has 0 aliphatic rings. The number of hydrogen-bond acceptors (Lipinski definition) is 4. The van der Waals surface area contributed by atoms with Gasteiger partial charge in [-0.3, -0.25) is 4.79 Å². The van der Waals surface area contributed by atoms with E-state index in [9.17, 15) is 9.59 Å². The summed E-state index contributed by atoms with van der Waals surface area (Å²) in [6.07, 6.45) is 0. The third kappa shape index (κ3) is 3.50. The number of anilines is 1. The van der Waals surface area contributed by atoms with E-state index in [2.05, 4.69) is 5.32 Å². The van der Waals surface area contributed by atoms with Crippen molar-refractivity contribution in [3.05, 3.63) is 29.3 Å². The highest BCUT2D eigenvalue weighted by molar-refractivity contribution is 6.08. The first-order valence-electron chi connectivity index (χ1n) is 5.84. The van der Waals surface area contributed by atoms with E-state index in [4.69, 9.17) is 14.6 Å². The van der Waals surface area contributed by atoms with Crippen molar-refractivity contribution in [1.29, 1.82) is 0 Å². The van der Waals surface area contributed by atoms with Crippen molar-refractivity contribution in [1.82, 2.24) is 0 Å². The van der Waals surface area contributed by atoms with E-state index >= 15 is 0 Å². The Bertz CT molecular complexity index is 563. The fraction of sp³-hybridized carbons (Fsp3) is 0.286. The Labute approximate surface area is 117 Å². The van der Waals surface area contributed by atoms with E-state index in [0.29, 0.717) is 17.2 Å². The van der Waals surface area contributed by atoms with Gasteiger partial charge in [-0.1, -0.05) is 0 Å². The molecule has 0 radical (unpaired) electrons. The lowest BCUT2D eigenvalue weighted by atomic mass is 10.1. The highest BCUT2D eigenvalue weighted by atomic mass is 16.5. The second-order valence-corrected chi connectivity index (χ2v) is 4.08. The molecular formula is C14H17NO5. The maximum atomic E-state index is 12.0. The minimum Gasteiger partial charge on any atom is -0.497 e. The summed E-state index contributed by atoms with van der Waals surface area (Å²) in [5.74, 6) is -0.621. The van der Waals surface area contributed by atoms with Gasteiger partial charge in [0.1, 0.15) is 11.5 Å². The molecule has 6 heteroatoms. The molecule has 0 aliphatic carbocycles. The van der Waals surface area contributed by atoms with Crippen molar-refractivity contribution in [2.45, 2.75) is 13.8 Å². The third-order valence-corrected chi connectivity index (χ3v) is 2.88. The standard InChI is InChI=1S/C14H17NO5/c1-8(9(2)14(17)18)13(16)15-11-7-10(19-3)5-6-12(11)20-4/h5-7H,1-4H3,(H,15,16)(H,17,18)/b9-8-. The molecule has 0 fully saturated rings. The van der Waals surface area contributed by atoms with Crippen molar-refractivity contribution >= 4 is 17.6 Å². The second-order valence-electron chi connectivity index (χ2n) is 4.08. The van der Waals surface area contributed by atoms with Gasteiger partial charge >= 0.3 is 5.97 Å². The monoisotopic (exact) mass is 279 g/mol. The van der Waals surface area contributed by atoms with Crippen LogP contribution in [0.3, 0.4) is 0 Å². The molecular weight excluding hydrogens is 262 g/mol. The maximum Gasteiger partial charge on any atom is 0.331 e. The first kappa shape index (κ1) is 15.6. The zero-order valence-electron chi connectivity index (χ0n) is 11.8. The van der Waals surface area contributed by atoms with Crippen LogP contribution < -0.4 is 14.8 Å². The van der Waals surface area contributed by atoms with Crippen LogP contribution in [0, 0.1) is 0 Å². The lowest BCUT2D eigenvalue weighted by molar-refractivity contribution is -0.133. The molecule has 0 heterocycles. The summed E-state index contributed by atoms with van der Waals surface area (Å²) < 4.78 is 10.2. The Kier molecular flexibility index (Phi) is 5.14. The van der Waals surface area contributed by atoms with Gasteiger partial charge in [0.15, 0.2) is 0 Å². The number of ether oxygens (including phenoxy) is 2. The molecule has 0 aromatic heterocycles. The second kappa shape index (κ2) is 6.60. The van der Waals surface area contributed by atoms with Gasteiger partial charge in [-0.15, -0.1) is 0 Å². The normalized spacial score (nSPS) is 11.4. The number of carboxylic acid groups (broad SMARTS) is 1. The van der Waals surface area contributed by atoms with Gasteiger partial charge in [0.2, 0.25) is 0 Å². The van der Waals surface area contributed by atoms with Crippen LogP contribution in [0.2, 0.25) is 0 Å². The third-order valence-electron chi connectivity index (χ3n) is 2.88. The van der Waals surface area contributed by atoms with Crippen LogP contribution in [0.4, 0.5) is 5.69 Å². The smallest absolute Gasteiger partial charge is 0.331 e. The largest absolute Gasteiger partial charge is 0.497 e. The topological polar surface area (TPSA) is 84.9 Å². The minimum absolute atomic E-state index is 0.00985. The molecule has 1 amide bonds. The molecule has 0 unspecified atom stereocenters. The Morgan fingerprint density at radius 3 is 2.25 bits per heavy atom. The molecule has 0 atom stereocenters. The Hall–Kier alpha value is -2.50. The Balaban J connectivity index is 3.06. The molecule has 20 heavy (non-hydrogen) atoms. The summed E-state index contributed by atoms with van der Waals surface area (Å²) in [4.78, 5) is 22.8. The summed E-state index contributed by atoms with van der Waals surface area (Å²) >= 11 is 0. The summed E-state index contributed by atoms with van der Waals surface area (Å²) in [7, 11) is 2.98. The molecule has 1 rings (SSSR count). The van der Waals surface area contributed by atoms with Gasteiger partial charge < -0.3 is 19.9 Å². The van der Waals surface area contributed by atoms with E-state index in [1.165, 1.54) is 28.1 Å². The number of amides is 1. The highest BCUT2D eigenvalue weighted by Gasteiger charge is 2.15. The van der Waals surface area contributed by atoms with Crippen LogP contribution in [0.15, 0.2) is 29.3 Å². The van der Waals surface area contributed by atoms with Crippen LogP contribution in [-0.2, 0) is 9.59 Å². The number of benzene rings is 1. The Morgan fingerprint density at radius 1 is 1.10 bits per heavy atom. The van der Waals surface area contributed by atoms with Gasteiger partial charge in [0.05, 0.1) is 19.9 Å². The zero-order chi connectivity index (χ0) is 15.3. The molecule has 0 bridgehead atoms. The summed E-state index contributed by atoms with van der Waals surface area (Å²) in [6.45, 7) is 2.82. The van der Waals surface area contributed by atoms with E-state index in [-0.39, 0.29) is 11.1 Å². The molecule has 2 N–H and O–H groups in total. The number of rotatable bonds is 5. The van der Waals surface area contributed by atoms with Crippen LogP contribution in [0.1, 0.15) is 13.8 Å². The van der Waals surface area contributed by atoms with E-state index in [1.54, 1.807) is 18.2 Å². The van der Waals surface area contributed by atoms with Crippen molar-refractivity contribution < 1.29 is 24.2 Å². The predicted molar refractivity (Wildman–Crippen MR) is 74.2 cm³/mol. The molecule has 6 nitrogen and oxygen atoms in total. The quantitative estimate of drug-likeness (QED) is 0.806. The van der Waals surface area contributed by atoms with Gasteiger partial charge in [0, 0.05) is 17.2 Å². The van der Waals surface area contributed by atoms with Crippen molar-refractivity contribution in [3.8, 4) is 11.5 Å². The molecule has 0 saturated carbocycles. The summed E-state index contributed by atoms with van der Waals surface area (Å²) in [6, 6.07) is 4.94. The van der Waals surface area contributed by atoms with Gasteiger partial charge in [-0.25, -0.2) is 4.79 Å². The average molecular weight is 279 g/mol. The van der Waals surface area contributed by atoms with Crippen LogP contribution in [0.5, 0.6) is 11.5 Å². The molecule has 0 spiro atoms. The van der Waals surface area contributed by atoms with Crippen molar-refractivity contribution in [2.75, 3.05) is 19.5 Å². The fourth-order valence-electron chi connectivity index (χ4n) is 1.46. The Morgan fingerprint density at radius 2 is 1.75 bits per heavy atom. The average Bonchev–Trinajstić information content (AvgIpc) is 2.45. The number of methoxy groups -OCH3 is 2. The van der Waals surface area contributed by atoms with Crippen LogP contribution >= 0.6 is 0 Å². The number of hydrogen-bond donors (Lipinski definition) is 2. The summed E-state index contributed by atoms with van der Waals surface area (Å²) in [5, 5.41) is 11.5. The van der Waals surface area contributed by atoms with Gasteiger partial charge in [0.25, 0.3) is 5.91 Å². The van der Waals surface area contributed by atoms with E-state index in [1.807, 2.05) is 0 Å². The SMILES string of the molecule is COc1ccc(OC)c(NC(=O)/C(C)=C(/C)C(=O)O)c1. The molecule has 108 valence electrons. The number of carbonyl (C=O) groups is 2. The number of carbonyl (C=O) groups excluding carboxylic acids is 1. The van der Waals surface area contributed by atoms with Crippen molar-refractivity contribution in [2.24, 2.45) is 0 Å². The first-order valence-corrected chi connectivity index (χ1v) is 5.84. The number of nitrogens with one attached hydrogen (secondary N) is 1. The number of aliphatic carboxylic acids is 1. The predicted octanol–water partition coefficient (Wildman–Crippen LogP) is 2.06. The van der Waals surface area contributed by atoms with Crippen LogP contribution in [-0.4, -0.2) is 31.2 Å². The number of carboxylic acids is 1. The molecule has 0 aliphatic heterocycles. The molecule has 1 aromatic rings. The fourth-order valence-corrected chi connectivity index (χ4v) is 1.46. The van der Waals surface area contributed by atoms with E-state index < -0.39 is 11.9 Å². The zero-order valence-corrected chi connectivity index (χ0v) is 11.8. The molecule has 1 aromatic carbocycles. The van der Waals surface area contributed by atoms with Gasteiger partial charge in [-0.05, 0) is 26.0 Å². The minimum atomic E-state index is -1.13. The highest BCUT2D eigenvalue weighted by Crippen LogP contribution is 2.29. The molecule has 0 saturated heterocycles. The lowest BCUT2D eigenvalue weighted by Crippen LogP contribution is -2.16. The van der Waals surface area contributed by atoms with Crippen molar-refractivity contribution in [3.63, 3.8) is 0 Å². The van der Waals surface area contributed by atoms with Gasteiger partial charge in [-0.2, -0.15) is 0 Å². The maximum absolute atomic E-state index is 12.0. The van der Waals surface area contributed by atoms with Crippen LogP contribution in [0.25, 0.3) is 0 Å². The first-order chi connectivity index (χ1) is 9.40. The lowest BCUT2D eigenvalue weighted by Gasteiger charge is -2.12. The summed E-state index contributed by atoms with van der Waals surface area (Å²) in [5.41, 5.74) is 0.529. The van der Waals surface area contributed by atoms with E-state index in [0.717, 1.165) is 0 Å².